The van der Waals surface area contributed by atoms with Gasteiger partial charge in [0.05, 0.1) is 18.7 Å². The maximum atomic E-state index is 13.1. The van der Waals surface area contributed by atoms with Crippen LogP contribution in [0, 0.1) is 5.82 Å². The second kappa shape index (κ2) is 5.66. The number of methoxy groups -OCH3 is 1. The molecule has 2 aromatic carbocycles. The summed E-state index contributed by atoms with van der Waals surface area (Å²) in [6.45, 7) is 0.472. The minimum Gasteiger partial charge on any atom is -0.493 e. The first-order valence-electron chi connectivity index (χ1n) is 6.42. The van der Waals surface area contributed by atoms with E-state index in [0.717, 1.165) is 16.8 Å². The Labute approximate surface area is 126 Å². The number of anilines is 1. The first-order chi connectivity index (χ1) is 10.2. The largest absolute Gasteiger partial charge is 0.493 e. The monoisotopic (exact) mass is 305 g/mol. The SMILES string of the molecule is COc1cccc2cc(CNc3ccc(F)c(Cl)c3)oc12. The van der Waals surface area contributed by atoms with Crippen molar-refractivity contribution in [1.29, 1.82) is 0 Å². The summed E-state index contributed by atoms with van der Waals surface area (Å²) in [4.78, 5) is 0. The number of furan rings is 1. The van der Waals surface area contributed by atoms with Gasteiger partial charge in [0.25, 0.3) is 0 Å². The zero-order valence-electron chi connectivity index (χ0n) is 11.3. The summed E-state index contributed by atoms with van der Waals surface area (Å²) in [7, 11) is 1.61. The number of nitrogens with one attached hydrogen (secondary N) is 1. The third kappa shape index (κ3) is 2.81. The molecule has 0 aliphatic carbocycles. The van der Waals surface area contributed by atoms with Gasteiger partial charge in [0.1, 0.15) is 11.6 Å². The van der Waals surface area contributed by atoms with Crippen LogP contribution in [-0.2, 0) is 6.54 Å². The van der Waals surface area contributed by atoms with Crippen molar-refractivity contribution < 1.29 is 13.5 Å². The Hall–Kier alpha value is -2.20. The molecule has 5 heteroatoms. The van der Waals surface area contributed by atoms with Crippen LogP contribution in [0.3, 0.4) is 0 Å². The molecule has 1 aromatic heterocycles. The molecule has 21 heavy (non-hydrogen) atoms. The smallest absolute Gasteiger partial charge is 0.176 e. The van der Waals surface area contributed by atoms with Gasteiger partial charge in [-0.1, -0.05) is 23.7 Å². The van der Waals surface area contributed by atoms with E-state index in [1.165, 1.54) is 6.07 Å². The molecule has 3 aromatic rings. The second-order valence-electron chi connectivity index (χ2n) is 4.57. The minimum absolute atomic E-state index is 0.0891. The lowest BCUT2D eigenvalue weighted by atomic mass is 10.2. The van der Waals surface area contributed by atoms with E-state index in [1.807, 2.05) is 24.3 Å². The van der Waals surface area contributed by atoms with E-state index in [1.54, 1.807) is 19.2 Å². The van der Waals surface area contributed by atoms with E-state index in [0.29, 0.717) is 17.9 Å². The predicted molar refractivity (Wildman–Crippen MR) is 81.5 cm³/mol. The third-order valence-corrected chi connectivity index (χ3v) is 3.45. The van der Waals surface area contributed by atoms with Gasteiger partial charge in [0.15, 0.2) is 11.3 Å². The van der Waals surface area contributed by atoms with Gasteiger partial charge in [-0.25, -0.2) is 4.39 Å². The van der Waals surface area contributed by atoms with Crippen molar-refractivity contribution in [2.45, 2.75) is 6.54 Å². The van der Waals surface area contributed by atoms with Crippen LogP contribution in [0.2, 0.25) is 5.02 Å². The van der Waals surface area contributed by atoms with Crippen LogP contribution in [0.5, 0.6) is 5.75 Å². The summed E-state index contributed by atoms with van der Waals surface area (Å²) in [6, 6.07) is 12.2. The first kappa shape index (κ1) is 13.8. The third-order valence-electron chi connectivity index (χ3n) is 3.17. The van der Waals surface area contributed by atoms with Gasteiger partial charge in [-0.05, 0) is 30.3 Å². The van der Waals surface area contributed by atoms with E-state index in [2.05, 4.69) is 5.32 Å². The molecule has 0 radical (unpaired) electrons. The Morgan fingerprint density at radius 1 is 1.24 bits per heavy atom. The summed E-state index contributed by atoms with van der Waals surface area (Å²) in [5.74, 6) is 1.02. The quantitative estimate of drug-likeness (QED) is 0.748. The molecule has 1 heterocycles. The van der Waals surface area contributed by atoms with E-state index in [4.69, 9.17) is 20.8 Å². The molecule has 0 fully saturated rings. The van der Waals surface area contributed by atoms with Crippen molar-refractivity contribution in [2.75, 3.05) is 12.4 Å². The van der Waals surface area contributed by atoms with Gasteiger partial charge in [0, 0.05) is 11.1 Å². The fourth-order valence-corrected chi connectivity index (χ4v) is 2.31. The van der Waals surface area contributed by atoms with Crippen molar-refractivity contribution >= 4 is 28.3 Å². The van der Waals surface area contributed by atoms with Gasteiger partial charge in [-0.2, -0.15) is 0 Å². The van der Waals surface area contributed by atoms with E-state index in [-0.39, 0.29) is 5.02 Å². The topological polar surface area (TPSA) is 34.4 Å². The highest BCUT2D eigenvalue weighted by Gasteiger charge is 2.08. The lowest BCUT2D eigenvalue weighted by Crippen LogP contribution is -1.98. The van der Waals surface area contributed by atoms with Crippen LogP contribution >= 0.6 is 11.6 Å². The molecule has 0 atom stereocenters. The number of hydrogen-bond donors (Lipinski definition) is 1. The van der Waals surface area contributed by atoms with Crippen LogP contribution in [-0.4, -0.2) is 7.11 Å². The number of ether oxygens (including phenoxy) is 1. The molecular weight excluding hydrogens is 293 g/mol. The average Bonchev–Trinajstić information content (AvgIpc) is 2.91. The van der Waals surface area contributed by atoms with E-state index >= 15 is 0 Å². The van der Waals surface area contributed by atoms with Crippen molar-refractivity contribution in [2.24, 2.45) is 0 Å². The van der Waals surface area contributed by atoms with Gasteiger partial charge >= 0.3 is 0 Å². The number of halogens is 2. The molecule has 0 saturated carbocycles. The maximum absolute atomic E-state index is 13.1. The zero-order valence-corrected chi connectivity index (χ0v) is 12.1. The maximum Gasteiger partial charge on any atom is 0.176 e. The highest BCUT2D eigenvalue weighted by atomic mass is 35.5. The molecule has 0 unspecified atom stereocenters. The molecule has 1 N–H and O–H groups in total. The Kier molecular flexibility index (Phi) is 3.71. The number of hydrogen-bond acceptors (Lipinski definition) is 3. The lowest BCUT2D eigenvalue weighted by Gasteiger charge is -2.05. The molecule has 3 rings (SSSR count). The molecule has 0 bridgehead atoms. The number of para-hydroxylation sites is 1. The van der Waals surface area contributed by atoms with Crippen molar-refractivity contribution in [3.63, 3.8) is 0 Å². The van der Waals surface area contributed by atoms with Crippen molar-refractivity contribution in [3.8, 4) is 5.75 Å². The Bertz CT molecular complexity index is 785. The number of fused-ring (bicyclic) bond motifs is 1. The average molecular weight is 306 g/mol. The van der Waals surface area contributed by atoms with Gasteiger partial charge < -0.3 is 14.5 Å². The summed E-state index contributed by atoms with van der Waals surface area (Å²) in [5.41, 5.74) is 1.45. The van der Waals surface area contributed by atoms with E-state index in [9.17, 15) is 4.39 Å². The highest BCUT2D eigenvalue weighted by molar-refractivity contribution is 6.31. The fraction of sp³-hybridized carbons (Fsp3) is 0.125. The van der Waals surface area contributed by atoms with Gasteiger partial charge in [-0.3, -0.25) is 0 Å². The number of benzene rings is 2. The molecule has 0 amide bonds. The summed E-state index contributed by atoms with van der Waals surface area (Å²) >= 11 is 5.74. The Balaban J connectivity index is 1.80. The van der Waals surface area contributed by atoms with Crippen molar-refractivity contribution in [1.82, 2.24) is 0 Å². The van der Waals surface area contributed by atoms with Crippen LogP contribution in [0.15, 0.2) is 46.9 Å². The van der Waals surface area contributed by atoms with Crippen LogP contribution in [0.1, 0.15) is 5.76 Å². The standard InChI is InChI=1S/C16H13ClFNO2/c1-20-15-4-2-3-10-7-12(21-16(10)15)9-19-11-5-6-14(18)13(17)8-11/h2-8,19H,9H2,1H3. The summed E-state index contributed by atoms with van der Waals surface area (Å²) in [6.07, 6.45) is 0. The minimum atomic E-state index is -0.435. The van der Waals surface area contributed by atoms with Crippen LogP contribution in [0.4, 0.5) is 10.1 Å². The molecule has 108 valence electrons. The highest BCUT2D eigenvalue weighted by Crippen LogP contribution is 2.29. The Morgan fingerprint density at radius 2 is 2.10 bits per heavy atom. The van der Waals surface area contributed by atoms with Crippen LogP contribution < -0.4 is 10.1 Å². The zero-order chi connectivity index (χ0) is 14.8. The molecule has 0 aliphatic heterocycles. The molecule has 0 saturated heterocycles. The molecule has 3 nitrogen and oxygen atoms in total. The first-order valence-corrected chi connectivity index (χ1v) is 6.79. The van der Waals surface area contributed by atoms with Gasteiger partial charge in [0.2, 0.25) is 0 Å². The predicted octanol–water partition coefficient (Wildman–Crippen LogP) is 4.85. The normalized spacial score (nSPS) is 10.8. The van der Waals surface area contributed by atoms with Gasteiger partial charge in [-0.15, -0.1) is 0 Å². The molecule has 0 spiro atoms. The van der Waals surface area contributed by atoms with E-state index < -0.39 is 5.82 Å². The molecular formula is C16H13ClFNO2. The Morgan fingerprint density at radius 3 is 2.86 bits per heavy atom. The number of rotatable bonds is 4. The lowest BCUT2D eigenvalue weighted by molar-refractivity contribution is 0.408. The second-order valence-corrected chi connectivity index (χ2v) is 4.98. The van der Waals surface area contributed by atoms with Crippen LogP contribution in [0.25, 0.3) is 11.0 Å². The van der Waals surface area contributed by atoms with Crippen molar-refractivity contribution in [3.05, 3.63) is 59.1 Å². The fourth-order valence-electron chi connectivity index (χ4n) is 2.13. The molecule has 0 aliphatic rings. The summed E-state index contributed by atoms with van der Waals surface area (Å²) in [5, 5.41) is 4.21. The summed E-state index contributed by atoms with van der Waals surface area (Å²) < 4.78 is 24.1.